The molecular weight excluding hydrogens is 322 g/mol. The van der Waals surface area contributed by atoms with Gasteiger partial charge in [0.2, 0.25) is 0 Å². The summed E-state index contributed by atoms with van der Waals surface area (Å²) in [5.41, 5.74) is 0. The van der Waals surface area contributed by atoms with Crippen molar-refractivity contribution in [2.75, 3.05) is 33.5 Å². The third kappa shape index (κ3) is 6.56. The number of hydrogen-bond acceptors (Lipinski definition) is 7. The maximum atomic E-state index is 12.3. The Hall–Kier alpha value is -1.00. The molecule has 136 valence electrons. The second kappa shape index (κ2) is 11.5. The van der Waals surface area contributed by atoms with Crippen LogP contribution in [-0.2, 0) is 27.6 Å². The Kier molecular flexibility index (Phi) is 11.0. The van der Waals surface area contributed by atoms with Gasteiger partial charge in [0.1, 0.15) is 6.04 Å². The molecule has 0 aromatic rings. The van der Waals surface area contributed by atoms with Crippen LogP contribution in [0, 0.1) is 0 Å². The molecule has 23 heavy (non-hydrogen) atoms. The molecule has 0 fully saturated rings. The van der Waals surface area contributed by atoms with Gasteiger partial charge >= 0.3 is 20.9 Å². The van der Waals surface area contributed by atoms with E-state index in [-0.39, 0.29) is 6.61 Å². The summed E-state index contributed by atoms with van der Waals surface area (Å²) in [6.45, 7) is 8.39. The summed E-state index contributed by atoms with van der Waals surface area (Å²) in [6.07, 6.45) is 0.269. The second-order valence-electron chi connectivity index (χ2n) is 4.65. The fourth-order valence-electron chi connectivity index (χ4n) is 2.26. The minimum atomic E-state index is -3.37. The number of ether oxygens (including phenoxy) is 1. The van der Waals surface area contributed by atoms with Gasteiger partial charge in [-0.3, -0.25) is 9.59 Å². The van der Waals surface area contributed by atoms with E-state index in [9.17, 15) is 14.7 Å². The Morgan fingerprint density at radius 2 is 1.65 bits per heavy atom. The monoisotopic (exact) mass is 351 g/mol. The first kappa shape index (κ1) is 22.0. The Morgan fingerprint density at radius 1 is 1.09 bits per heavy atom. The minimum Gasteiger partial charge on any atom is -0.481 e. The molecule has 0 amide bonds. The highest BCUT2D eigenvalue weighted by atomic mass is 28.4. The molecule has 0 heterocycles. The van der Waals surface area contributed by atoms with E-state index in [0.717, 1.165) is 0 Å². The number of nitrogens with zero attached hydrogens (tertiary/aromatic N) is 1. The van der Waals surface area contributed by atoms with Crippen molar-refractivity contribution in [3.63, 3.8) is 0 Å². The molecule has 9 heteroatoms. The van der Waals surface area contributed by atoms with Crippen LogP contribution < -0.4 is 0 Å². The van der Waals surface area contributed by atoms with Crippen molar-refractivity contribution in [1.29, 1.82) is 0 Å². The fourth-order valence-corrected chi connectivity index (χ4v) is 4.95. The van der Waals surface area contributed by atoms with Crippen molar-refractivity contribution >= 4 is 20.9 Å². The smallest absolute Gasteiger partial charge is 0.481 e. The number of aliphatic carboxylic acids is 1. The molecule has 0 aromatic heterocycles. The van der Waals surface area contributed by atoms with Crippen LogP contribution in [0.5, 0.6) is 0 Å². The fraction of sp³-hybridized carbons (Fsp3) is 0.857. The van der Waals surface area contributed by atoms with Crippen LogP contribution in [0.15, 0.2) is 0 Å². The van der Waals surface area contributed by atoms with Gasteiger partial charge in [0.05, 0.1) is 13.0 Å². The summed E-state index contributed by atoms with van der Waals surface area (Å²) in [5, 5.41) is 9.17. The highest BCUT2D eigenvalue weighted by Crippen LogP contribution is 2.22. The molecule has 0 aliphatic heterocycles. The third-order valence-electron chi connectivity index (χ3n) is 3.03. The molecule has 0 aromatic carbocycles. The predicted octanol–water partition coefficient (Wildman–Crippen LogP) is 1.26. The van der Waals surface area contributed by atoms with E-state index in [0.29, 0.717) is 26.2 Å². The molecule has 0 saturated heterocycles. The van der Waals surface area contributed by atoms with Crippen LogP contribution in [0.2, 0.25) is 0 Å². The molecule has 0 bridgehead atoms. The van der Waals surface area contributed by atoms with Crippen molar-refractivity contribution in [3.8, 4) is 0 Å². The lowest BCUT2D eigenvalue weighted by Gasteiger charge is -2.39. The number of esters is 1. The topological polar surface area (TPSA) is 94.5 Å². The summed E-state index contributed by atoms with van der Waals surface area (Å²) in [4.78, 5) is 23.5. The Labute approximate surface area is 139 Å². The Balaban J connectivity index is 5.76. The van der Waals surface area contributed by atoms with E-state index in [1.807, 2.05) is 6.92 Å². The number of carboxylic acid groups (broad SMARTS) is 1. The lowest BCUT2D eigenvalue weighted by molar-refractivity contribution is -0.154. The third-order valence-corrected chi connectivity index (χ3v) is 6.09. The summed E-state index contributed by atoms with van der Waals surface area (Å²) in [5.74, 6) is -1.71. The van der Waals surface area contributed by atoms with Crippen LogP contribution >= 0.6 is 0 Å². The number of rotatable bonds is 13. The minimum absolute atomic E-state index is 0.166. The van der Waals surface area contributed by atoms with E-state index in [4.69, 9.17) is 18.0 Å². The van der Waals surface area contributed by atoms with Gasteiger partial charge in [-0.2, -0.15) is 0 Å². The molecule has 0 radical (unpaired) electrons. The van der Waals surface area contributed by atoms with Crippen molar-refractivity contribution < 1.29 is 32.7 Å². The average Bonchev–Trinajstić information content (AvgIpc) is 2.50. The van der Waals surface area contributed by atoms with E-state index in [2.05, 4.69) is 0 Å². The number of carbonyl (C=O) groups excluding carboxylic acids is 1. The Bertz CT molecular complexity index is 361. The molecular formula is C14H29NO7Si. The number of carbonyl (C=O) groups is 2. The molecule has 1 atom stereocenters. The second-order valence-corrected chi connectivity index (χ2v) is 7.26. The highest BCUT2D eigenvalue weighted by molar-refractivity contribution is 6.58. The first-order valence-corrected chi connectivity index (χ1v) is 9.57. The molecule has 0 spiro atoms. The van der Waals surface area contributed by atoms with E-state index >= 15 is 0 Å². The molecule has 0 aliphatic carbocycles. The van der Waals surface area contributed by atoms with Crippen molar-refractivity contribution in [3.05, 3.63) is 0 Å². The average molecular weight is 351 g/mol. The summed E-state index contributed by atoms with van der Waals surface area (Å²) in [7, 11) is -1.92. The lowest BCUT2D eigenvalue weighted by Crippen LogP contribution is -2.66. The maximum Gasteiger partial charge on any atom is 0.600 e. The normalized spacial score (nSPS) is 13.1. The van der Waals surface area contributed by atoms with E-state index in [1.165, 1.54) is 7.11 Å². The zero-order valence-corrected chi connectivity index (χ0v) is 15.7. The molecule has 8 nitrogen and oxygen atoms in total. The van der Waals surface area contributed by atoms with Gasteiger partial charge in [0.25, 0.3) is 0 Å². The van der Waals surface area contributed by atoms with Gasteiger partial charge in [-0.05, 0) is 33.7 Å². The summed E-state index contributed by atoms with van der Waals surface area (Å²) in [6, 6.07) is -1.02. The lowest BCUT2D eigenvalue weighted by atomic mass is 10.2. The summed E-state index contributed by atoms with van der Waals surface area (Å²) < 4.78 is 23.7. The molecule has 1 unspecified atom stereocenters. The number of carboxylic acids is 1. The standard InChI is InChI=1S/C14H29NO7Si/c1-6-10-15(23(19-5,21-8-3)22-9-4)12(11-13(16)17)14(18)20-7-2/h12H,6-11H2,1-5H3,(H,16,17). The van der Waals surface area contributed by atoms with Crippen molar-refractivity contribution in [2.24, 2.45) is 0 Å². The van der Waals surface area contributed by atoms with Gasteiger partial charge < -0.3 is 23.1 Å². The molecule has 0 aliphatic rings. The first-order chi connectivity index (χ1) is 10.9. The maximum absolute atomic E-state index is 12.3. The quantitative estimate of drug-likeness (QED) is 0.391. The molecule has 0 rings (SSSR count). The van der Waals surface area contributed by atoms with Gasteiger partial charge in [-0.25, -0.2) is 4.57 Å². The zero-order valence-electron chi connectivity index (χ0n) is 14.7. The predicted molar refractivity (Wildman–Crippen MR) is 85.7 cm³/mol. The summed E-state index contributed by atoms with van der Waals surface area (Å²) >= 11 is 0. The van der Waals surface area contributed by atoms with Crippen LogP contribution in [0.4, 0.5) is 0 Å². The van der Waals surface area contributed by atoms with Crippen molar-refractivity contribution in [2.45, 2.75) is 46.6 Å². The van der Waals surface area contributed by atoms with Gasteiger partial charge in [0.15, 0.2) is 0 Å². The van der Waals surface area contributed by atoms with Gasteiger partial charge in [-0.1, -0.05) is 6.92 Å². The molecule has 0 saturated carbocycles. The van der Waals surface area contributed by atoms with Crippen LogP contribution in [0.25, 0.3) is 0 Å². The van der Waals surface area contributed by atoms with E-state index < -0.39 is 33.4 Å². The first-order valence-electron chi connectivity index (χ1n) is 7.90. The van der Waals surface area contributed by atoms with Gasteiger partial charge in [-0.15, -0.1) is 0 Å². The molecule has 1 N–H and O–H groups in total. The van der Waals surface area contributed by atoms with Crippen LogP contribution in [0.1, 0.15) is 40.5 Å². The largest absolute Gasteiger partial charge is 0.600 e. The zero-order chi connectivity index (χ0) is 17.9. The van der Waals surface area contributed by atoms with Crippen LogP contribution in [0.3, 0.4) is 0 Å². The van der Waals surface area contributed by atoms with Crippen LogP contribution in [-0.4, -0.2) is 70.1 Å². The number of hydrogen-bond donors (Lipinski definition) is 1. The van der Waals surface area contributed by atoms with Crippen molar-refractivity contribution in [1.82, 2.24) is 4.57 Å². The highest BCUT2D eigenvalue weighted by Gasteiger charge is 2.53. The van der Waals surface area contributed by atoms with Gasteiger partial charge in [0, 0.05) is 20.3 Å². The Morgan fingerprint density at radius 3 is 2.00 bits per heavy atom. The van der Waals surface area contributed by atoms with E-state index in [1.54, 1.807) is 25.3 Å². The SMILES string of the molecule is CCCN(C(CC(=O)O)C(=O)OCC)[Si](OC)(OCC)OCC.